The molecule has 0 saturated heterocycles. The van der Waals surface area contributed by atoms with Gasteiger partial charge in [-0.05, 0) is 67.1 Å². The largest absolute Gasteiger partial charge is 0.508 e. The Bertz CT molecular complexity index is 752. The fraction of sp³-hybridized carbons (Fsp3) is 0.0526. The zero-order chi connectivity index (χ0) is 15.4. The quantitative estimate of drug-likeness (QED) is 0.579. The number of hydrogen-bond acceptors (Lipinski definition) is 3. The van der Waals surface area contributed by atoms with Crippen molar-refractivity contribution in [3.8, 4) is 5.75 Å². The molecule has 3 aromatic rings. The van der Waals surface area contributed by atoms with Crippen molar-refractivity contribution in [2.24, 2.45) is 0 Å². The number of hydrogen-bond donors (Lipinski definition) is 3. The van der Waals surface area contributed by atoms with E-state index in [0.717, 1.165) is 28.3 Å². The van der Waals surface area contributed by atoms with Gasteiger partial charge in [-0.1, -0.05) is 18.2 Å². The van der Waals surface area contributed by atoms with Gasteiger partial charge in [-0.3, -0.25) is 0 Å². The third kappa shape index (κ3) is 3.38. The van der Waals surface area contributed by atoms with Crippen LogP contribution in [0.1, 0.15) is 5.56 Å². The maximum absolute atomic E-state index is 9.44. The van der Waals surface area contributed by atoms with Crippen molar-refractivity contribution in [2.75, 3.05) is 10.6 Å². The predicted octanol–water partition coefficient (Wildman–Crippen LogP) is 5.19. The van der Waals surface area contributed by atoms with Crippen LogP contribution in [0.25, 0.3) is 0 Å². The van der Waals surface area contributed by atoms with Crippen LogP contribution in [0.2, 0.25) is 0 Å². The first kappa shape index (κ1) is 14.0. The van der Waals surface area contributed by atoms with Crippen LogP contribution in [0.15, 0.2) is 72.8 Å². The summed E-state index contributed by atoms with van der Waals surface area (Å²) in [6.07, 6.45) is 0. The Kier molecular flexibility index (Phi) is 3.97. The molecule has 0 amide bonds. The molecule has 0 heterocycles. The molecule has 0 bridgehead atoms. The van der Waals surface area contributed by atoms with Crippen LogP contribution >= 0.6 is 0 Å². The lowest BCUT2D eigenvalue weighted by atomic mass is 10.2. The summed E-state index contributed by atoms with van der Waals surface area (Å²) in [4.78, 5) is 0. The molecule has 0 radical (unpaired) electrons. The van der Waals surface area contributed by atoms with Crippen LogP contribution in [-0.4, -0.2) is 5.11 Å². The Balaban J connectivity index is 1.71. The van der Waals surface area contributed by atoms with Gasteiger partial charge in [-0.25, -0.2) is 0 Å². The second-order valence-corrected chi connectivity index (χ2v) is 5.19. The minimum atomic E-state index is 0.283. The van der Waals surface area contributed by atoms with Gasteiger partial charge in [0.1, 0.15) is 5.75 Å². The minimum absolute atomic E-state index is 0.283. The van der Waals surface area contributed by atoms with E-state index < -0.39 is 0 Å². The number of phenolic OH excluding ortho intramolecular Hbond substituents is 1. The van der Waals surface area contributed by atoms with E-state index in [1.54, 1.807) is 12.1 Å². The topological polar surface area (TPSA) is 44.3 Å². The van der Waals surface area contributed by atoms with Gasteiger partial charge in [0, 0.05) is 22.7 Å². The summed E-state index contributed by atoms with van der Waals surface area (Å²) in [5, 5.41) is 16.1. The Hall–Kier alpha value is -2.94. The van der Waals surface area contributed by atoms with Gasteiger partial charge in [0.15, 0.2) is 0 Å². The Morgan fingerprint density at radius 2 is 1.27 bits per heavy atom. The van der Waals surface area contributed by atoms with Crippen LogP contribution in [0.4, 0.5) is 22.7 Å². The lowest BCUT2D eigenvalue weighted by Gasteiger charge is -2.11. The summed E-state index contributed by atoms with van der Waals surface area (Å²) in [6.45, 7) is 1.97. The van der Waals surface area contributed by atoms with E-state index >= 15 is 0 Å². The first-order valence-corrected chi connectivity index (χ1v) is 7.19. The zero-order valence-electron chi connectivity index (χ0n) is 12.4. The lowest BCUT2D eigenvalue weighted by molar-refractivity contribution is 0.475. The van der Waals surface area contributed by atoms with Crippen molar-refractivity contribution < 1.29 is 5.11 Å². The van der Waals surface area contributed by atoms with Crippen molar-refractivity contribution in [2.45, 2.75) is 6.92 Å². The van der Waals surface area contributed by atoms with Crippen molar-refractivity contribution in [3.63, 3.8) is 0 Å². The van der Waals surface area contributed by atoms with Gasteiger partial charge in [-0.2, -0.15) is 0 Å². The molecule has 0 atom stereocenters. The number of rotatable bonds is 4. The van der Waals surface area contributed by atoms with Gasteiger partial charge < -0.3 is 15.7 Å². The minimum Gasteiger partial charge on any atom is -0.508 e. The third-order valence-electron chi connectivity index (χ3n) is 3.44. The summed E-state index contributed by atoms with van der Waals surface area (Å²) < 4.78 is 0. The molecule has 22 heavy (non-hydrogen) atoms. The van der Waals surface area contributed by atoms with Crippen molar-refractivity contribution >= 4 is 22.7 Å². The monoisotopic (exact) mass is 290 g/mol. The Labute approximate surface area is 130 Å². The van der Waals surface area contributed by atoms with Gasteiger partial charge in [0.2, 0.25) is 0 Å². The average molecular weight is 290 g/mol. The van der Waals surface area contributed by atoms with Crippen LogP contribution in [-0.2, 0) is 0 Å². The fourth-order valence-electron chi connectivity index (χ4n) is 2.27. The highest BCUT2D eigenvalue weighted by Gasteiger charge is 2.01. The van der Waals surface area contributed by atoms with Gasteiger partial charge in [0.05, 0.1) is 0 Å². The molecular weight excluding hydrogens is 272 g/mol. The highest BCUT2D eigenvalue weighted by molar-refractivity contribution is 5.67. The maximum atomic E-state index is 9.44. The van der Waals surface area contributed by atoms with Crippen LogP contribution < -0.4 is 10.6 Å². The molecule has 0 aliphatic rings. The van der Waals surface area contributed by atoms with E-state index in [-0.39, 0.29) is 5.75 Å². The molecule has 3 aromatic carbocycles. The molecule has 3 rings (SSSR count). The summed E-state index contributed by atoms with van der Waals surface area (Å²) in [7, 11) is 0. The number of aromatic hydroxyl groups is 1. The molecule has 0 aliphatic carbocycles. The van der Waals surface area contributed by atoms with E-state index in [0.29, 0.717) is 0 Å². The Morgan fingerprint density at radius 3 is 1.91 bits per heavy atom. The van der Waals surface area contributed by atoms with E-state index in [9.17, 15) is 5.11 Å². The standard InChI is InChI=1S/C19H18N2O/c1-14-13-18(22)11-12-19(14)21-17-9-7-16(8-10-17)20-15-5-3-2-4-6-15/h2-13,20-22H,1H3. The van der Waals surface area contributed by atoms with Crippen LogP contribution in [0.3, 0.4) is 0 Å². The highest BCUT2D eigenvalue weighted by Crippen LogP contribution is 2.25. The second kappa shape index (κ2) is 6.22. The molecule has 0 fully saturated rings. The maximum Gasteiger partial charge on any atom is 0.115 e. The molecular formula is C19H18N2O. The third-order valence-corrected chi connectivity index (χ3v) is 3.44. The Morgan fingerprint density at radius 1 is 0.682 bits per heavy atom. The van der Waals surface area contributed by atoms with Gasteiger partial charge in [-0.15, -0.1) is 0 Å². The first-order chi connectivity index (χ1) is 10.7. The van der Waals surface area contributed by atoms with E-state index in [2.05, 4.69) is 10.6 Å². The van der Waals surface area contributed by atoms with E-state index in [1.165, 1.54) is 0 Å². The molecule has 0 aromatic heterocycles. The smallest absolute Gasteiger partial charge is 0.115 e. The second-order valence-electron chi connectivity index (χ2n) is 5.19. The molecule has 0 aliphatic heterocycles. The number of benzene rings is 3. The first-order valence-electron chi connectivity index (χ1n) is 7.19. The number of para-hydroxylation sites is 1. The van der Waals surface area contributed by atoms with Crippen molar-refractivity contribution in [1.29, 1.82) is 0 Å². The zero-order valence-corrected chi connectivity index (χ0v) is 12.4. The summed E-state index contributed by atoms with van der Waals surface area (Å²) >= 11 is 0. The predicted molar refractivity (Wildman–Crippen MR) is 92.3 cm³/mol. The molecule has 0 spiro atoms. The number of phenols is 1. The van der Waals surface area contributed by atoms with Gasteiger partial charge >= 0.3 is 0 Å². The SMILES string of the molecule is Cc1cc(O)ccc1Nc1ccc(Nc2ccccc2)cc1. The lowest BCUT2D eigenvalue weighted by Crippen LogP contribution is -1.94. The van der Waals surface area contributed by atoms with Crippen LogP contribution in [0, 0.1) is 6.92 Å². The summed E-state index contributed by atoms with van der Waals surface area (Å²) in [5.74, 6) is 0.283. The average Bonchev–Trinajstić information content (AvgIpc) is 2.53. The summed E-state index contributed by atoms with van der Waals surface area (Å²) in [6, 6.07) is 23.5. The van der Waals surface area contributed by atoms with Crippen molar-refractivity contribution in [3.05, 3.63) is 78.4 Å². The molecule has 3 nitrogen and oxygen atoms in total. The number of anilines is 4. The molecule has 0 unspecified atom stereocenters. The van der Waals surface area contributed by atoms with Crippen LogP contribution in [0.5, 0.6) is 5.75 Å². The number of aryl methyl sites for hydroxylation is 1. The van der Waals surface area contributed by atoms with E-state index in [4.69, 9.17) is 0 Å². The normalized spacial score (nSPS) is 10.2. The molecule has 3 heteroatoms. The molecule has 0 saturated carbocycles. The molecule has 110 valence electrons. The van der Waals surface area contributed by atoms with Crippen molar-refractivity contribution in [1.82, 2.24) is 0 Å². The van der Waals surface area contributed by atoms with E-state index in [1.807, 2.05) is 67.6 Å². The fourth-order valence-corrected chi connectivity index (χ4v) is 2.27. The number of nitrogens with one attached hydrogen (secondary N) is 2. The van der Waals surface area contributed by atoms with Gasteiger partial charge in [0.25, 0.3) is 0 Å². The molecule has 3 N–H and O–H groups in total. The highest BCUT2D eigenvalue weighted by atomic mass is 16.3. The summed E-state index contributed by atoms with van der Waals surface area (Å²) in [5.41, 5.74) is 5.11.